The molecule has 28 heavy (non-hydrogen) atoms. The third kappa shape index (κ3) is 6.08. The van der Waals surface area contributed by atoms with Crippen LogP contribution in [-0.2, 0) is 11.4 Å². The van der Waals surface area contributed by atoms with Crippen LogP contribution in [0.25, 0.3) is 0 Å². The van der Waals surface area contributed by atoms with Gasteiger partial charge in [0.1, 0.15) is 12.4 Å². The Labute approximate surface area is 182 Å². The molecule has 0 bridgehead atoms. The molecule has 0 radical (unpaired) electrons. The number of aromatic nitrogens is 2. The number of rotatable bonds is 7. The van der Waals surface area contributed by atoms with E-state index in [0.29, 0.717) is 30.0 Å². The highest BCUT2D eigenvalue weighted by Gasteiger charge is 2.11. The normalized spacial score (nSPS) is 10.5. The Morgan fingerprint density at radius 2 is 2.04 bits per heavy atom. The number of halogens is 2. The van der Waals surface area contributed by atoms with Gasteiger partial charge in [0.25, 0.3) is 5.91 Å². The minimum absolute atomic E-state index is 0.0865. The molecule has 0 unspecified atom stereocenters. The van der Waals surface area contributed by atoms with E-state index in [0.717, 1.165) is 0 Å². The highest BCUT2D eigenvalue weighted by Crippen LogP contribution is 2.29. The van der Waals surface area contributed by atoms with Crippen LogP contribution in [0.15, 0.2) is 40.1 Å². The molecule has 12 heteroatoms. The van der Waals surface area contributed by atoms with E-state index in [4.69, 9.17) is 27.9 Å². The summed E-state index contributed by atoms with van der Waals surface area (Å²) in [5.74, 6) is -0.125. The molecule has 0 saturated heterocycles. The largest absolute Gasteiger partial charge is 0.485 e. The van der Waals surface area contributed by atoms with Crippen LogP contribution in [0.5, 0.6) is 5.75 Å². The Balaban J connectivity index is 1.41. The number of nitrogens with one attached hydrogen (secondary N) is 2. The van der Waals surface area contributed by atoms with Crippen molar-refractivity contribution in [1.82, 2.24) is 21.0 Å². The van der Waals surface area contributed by atoms with Crippen molar-refractivity contribution in [2.24, 2.45) is 0 Å². The molecule has 2 N–H and O–H groups in total. The van der Waals surface area contributed by atoms with Crippen molar-refractivity contribution >= 4 is 69.5 Å². The van der Waals surface area contributed by atoms with Crippen LogP contribution in [0.4, 0.5) is 0 Å². The SMILES string of the molecule is O=C(CSc1nnc(COc2ccc(Cl)cc2Cl)s1)NNC(=O)c1cccs1. The standard InChI is InChI=1S/C16H12Cl2N4O3S3/c17-9-3-4-11(10(18)6-9)25-7-14-20-22-16(28-14)27-8-13(23)19-21-15(24)12-2-1-5-26-12/h1-6H,7-8H2,(H,19,23)(H,21,24). The van der Waals surface area contributed by atoms with Crippen molar-refractivity contribution in [2.45, 2.75) is 10.9 Å². The second-order valence-corrected chi connectivity index (χ2v) is 9.17. The fourth-order valence-corrected chi connectivity index (χ4v) is 4.54. The van der Waals surface area contributed by atoms with E-state index in [1.807, 2.05) is 0 Å². The molecule has 0 aliphatic heterocycles. The van der Waals surface area contributed by atoms with Gasteiger partial charge in [-0.3, -0.25) is 20.4 Å². The number of benzene rings is 1. The summed E-state index contributed by atoms with van der Waals surface area (Å²) < 4.78 is 6.21. The third-order valence-corrected chi connectivity index (χ3v) is 6.51. The Kier molecular flexibility index (Phi) is 7.51. The molecule has 0 fully saturated rings. The summed E-state index contributed by atoms with van der Waals surface area (Å²) in [7, 11) is 0. The number of thiophene rings is 1. The summed E-state index contributed by atoms with van der Waals surface area (Å²) in [5.41, 5.74) is 4.72. The maximum Gasteiger partial charge on any atom is 0.279 e. The van der Waals surface area contributed by atoms with Crippen molar-refractivity contribution in [2.75, 3.05) is 5.75 Å². The molecular weight excluding hydrogens is 463 g/mol. The zero-order valence-corrected chi connectivity index (χ0v) is 17.9. The smallest absolute Gasteiger partial charge is 0.279 e. The fourth-order valence-electron chi connectivity index (χ4n) is 1.85. The van der Waals surface area contributed by atoms with E-state index in [2.05, 4.69) is 21.0 Å². The predicted molar refractivity (Wildman–Crippen MR) is 111 cm³/mol. The summed E-state index contributed by atoms with van der Waals surface area (Å²) in [5, 5.41) is 11.4. The lowest BCUT2D eigenvalue weighted by molar-refractivity contribution is -0.119. The van der Waals surface area contributed by atoms with Gasteiger partial charge in [0.15, 0.2) is 9.35 Å². The Morgan fingerprint density at radius 1 is 1.18 bits per heavy atom. The van der Waals surface area contributed by atoms with E-state index in [1.54, 1.807) is 35.7 Å². The zero-order chi connectivity index (χ0) is 19.9. The van der Waals surface area contributed by atoms with Gasteiger partial charge in [0, 0.05) is 5.02 Å². The highest BCUT2D eigenvalue weighted by atomic mass is 35.5. The van der Waals surface area contributed by atoms with Crippen LogP contribution in [0.2, 0.25) is 10.0 Å². The molecule has 2 aromatic heterocycles. The van der Waals surface area contributed by atoms with Crippen molar-refractivity contribution in [1.29, 1.82) is 0 Å². The number of carbonyl (C=O) groups excluding carboxylic acids is 2. The summed E-state index contributed by atoms with van der Waals surface area (Å²) in [6.45, 7) is 0.197. The lowest BCUT2D eigenvalue weighted by Crippen LogP contribution is -2.42. The van der Waals surface area contributed by atoms with Gasteiger partial charge < -0.3 is 4.74 Å². The van der Waals surface area contributed by atoms with Gasteiger partial charge in [0.2, 0.25) is 5.91 Å². The fraction of sp³-hybridized carbons (Fsp3) is 0.125. The summed E-state index contributed by atoms with van der Waals surface area (Å²) >= 11 is 15.7. The van der Waals surface area contributed by atoms with E-state index in [-0.39, 0.29) is 24.2 Å². The maximum absolute atomic E-state index is 11.8. The Hall–Kier alpha value is -1.85. The van der Waals surface area contributed by atoms with Crippen molar-refractivity contribution in [3.8, 4) is 5.75 Å². The average molecular weight is 475 g/mol. The van der Waals surface area contributed by atoms with Crippen molar-refractivity contribution in [3.63, 3.8) is 0 Å². The molecule has 0 spiro atoms. The molecule has 7 nitrogen and oxygen atoms in total. The second kappa shape index (κ2) is 10.1. The highest BCUT2D eigenvalue weighted by molar-refractivity contribution is 8.01. The molecule has 3 aromatic rings. The van der Waals surface area contributed by atoms with E-state index < -0.39 is 0 Å². The molecule has 3 rings (SSSR count). The molecule has 0 atom stereocenters. The number of amides is 2. The first-order valence-corrected chi connectivity index (χ1v) is 11.1. The predicted octanol–water partition coefficient (Wildman–Crippen LogP) is 4.04. The van der Waals surface area contributed by atoms with Gasteiger partial charge >= 0.3 is 0 Å². The summed E-state index contributed by atoms with van der Waals surface area (Å²) in [6.07, 6.45) is 0. The Bertz CT molecular complexity index is 966. The lowest BCUT2D eigenvalue weighted by atomic mass is 10.3. The molecular formula is C16H12Cl2N4O3S3. The lowest BCUT2D eigenvalue weighted by Gasteiger charge is -2.05. The van der Waals surface area contributed by atoms with Crippen LogP contribution in [0.3, 0.4) is 0 Å². The van der Waals surface area contributed by atoms with Crippen LogP contribution in [0, 0.1) is 0 Å². The summed E-state index contributed by atoms with van der Waals surface area (Å²) in [6, 6.07) is 8.38. The average Bonchev–Trinajstić information content (AvgIpc) is 3.36. The van der Waals surface area contributed by atoms with Crippen molar-refractivity contribution < 1.29 is 14.3 Å². The molecule has 146 valence electrons. The number of thioether (sulfide) groups is 1. The number of carbonyl (C=O) groups is 2. The molecule has 1 aromatic carbocycles. The molecule has 2 amide bonds. The van der Waals surface area contributed by atoms with Crippen LogP contribution in [0.1, 0.15) is 14.7 Å². The molecule has 0 aliphatic carbocycles. The number of hydrogen-bond acceptors (Lipinski definition) is 8. The van der Waals surface area contributed by atoms with Gasteiger partial charge in [-0.2, -0.15) is 0 Å². The number of hydrogen-bond donors (Lipinski definition) is 2. The number of hydrazine groups is 1. The molecule has 0 aliphatic rings. The zero-order valence-electron chi connectivity index (χ0n) is 14.0. The van der Waals surface area contributed by atoms with Crippen LogP contribution < -0.4 is 15.6 Å². The second-order valence-electron chi connectivity index (χ2n) is 5.09. The van der Waals surface area contributed by atoms with Gasteiger partial charge in [0.05, 0.1) is 15.7 Å². The van der Waals surface area contributed by atoms with E-state index >= 15 is 0 Å². The third-order valence-electron chi connectivity index (χ3n) is 3.08. The number of ether oxygens (including phenoxy) is 1. The minimum atomic E-state index is -0.357. The number of nitrogens with zero attached hydrogens (tertiary/aromatic N) is 2. The minimum Gasteiger partial charge on any atom is -0.485 e. The van der Waals surface area contributed by atoms with Crippen LogP contribution >= 0.6 is 57.6 Å². The Morgan fingerprint density at radius 3 is 2.79 bits per heavy atom. The topological polar surface area (TPSA) is 93.2 Å². The molecule has 2 heterocycles. The van der Waals surface area contributed by atoms with Crippen LogP contribution in [-0.4, -0.2) is 27.8 Å². The van der Waals surface area contributed by atoms with Gasteiger partial charge in [-0.1, -0.05) is 52.4 Å². The monoisotopic (exact) mass is 474 g/mol. The first kappa shape index (κ1) is 20.9. The maximum atomic E-state index is 11.8. The first-order chi connectivity index (χ1) is 13.5. The van der Waals surface area contributed by atoms with E-state index in [9.17, 15) is 9.59 Å². The van der Waals surface area contributed by atoms with E-state index in [1.165, 1.54) is 34.4 Å². The quantitative estimate of drug-likeness (QED) is 0.396. The van der Waals surface area contributed by atoms with Gasteiger partial charge in [-0.05, 0) is 29.6 Å². The molecule has 0 saturated carbocycles. The summed E-state index contributed by atoms with van der Waals surface area (Å²) in [4.78, 5) is 24.1. The van der Waals surface area contributed by atoms with Crippen molar-refractivity contribution in [3.05, 3.63) is 55.6 Å². The van der Waals surface area contributed by atoms with Gasteiger partial charge in [-0.25, -0.2) is 0 Å². The van der Waals surface area contributed by atoms with Gasteiger partial charge in [-0.15, -0.1) is 21.5 Å². The first-order valence-electron chi connectivity index (χ1n) is 7.67.